The minimum atomic E-state index is -2.31. The lowest BCUT2D eigenvalue weighted by atomic mass is 9.93. The van der Waals surface area contributed by atoms with E-state index in [0.29, 0.717) is 25.9 Å². The molecule has 1 fully saturated rings. The summed E-state index contributed by atoms with van der Waals surface area (Å²) in [7, 11) is 0. The summed E-state index contributed by atoms with van der Waals surface area (Å²) in [6, 6.07) is 0. The van der Waals surface area contributed by atoms with Gasteiger partial charge in [-0.3, -0.25) is 4.90 Å². The van der Waals surface area contributed by atoms with Crippen LogP contribution in [0.1, 0.15) is 19.8 Å². The molecule has 0 aromatic heterocycles. The lowest BCUT2D eigenvalue weighted by molar-refractivity contribution is -0.0292. The number of hydrogen-bond acceptors (Lipinski definition) is 3. The fourth-order valence-corrected chi connectivity index (χ4v) is 1.75. The molecule has 6 heteroatoms. The molecular weight excluding hydrogens is 206 g/mol. The number of nitrogens with zero attached hydrogens (tertiary/aromatic N) is 1. The van der Waals surface area contributed by atoms with E-state index < -0.39 is 18.1 Å². The zero-order valence-electron chi connectivity index (χ0n) is 8.71. The van der Waals surface area contributed by atoms with Gasteiger partial charge in [0.2, 0.25) is 0 Å². The summed E-state index contributed by atoms with van der Waals surface area (Å²) in [6.45, 7) is 2.58. The van der Waals surface area contributed by atoms with Gasteiger partial charge in [0.1, 0.15) is 5.60 Å². The largest absolute Gasteiger partial charge is 0.443 e. The van der Waals surface area contributed by atoms with Crippen LogP contribution in [0.4, 0.5) is 13.6 Å². The second kappa shape index (κ2) is 4.74. The van der Waals surface area contributed by atoms with Crippen LogP contribution in [-0.4, -0.2) is 42.7 Å². The third-order valence-electron chi connectivity index (χ3n) is 2.66. The van der Waals surface area contributed by atoms with Gasteiger partial charge in [-0.1, -0.05) is 0 Å². The standard InChI is InChI=1S/C9H16F2N2O2/c1-9(15-8(12)14)2-4-13(5-3-9)6-7(10)11/h7H,2-6H2,1H3,(H2,12,14). The lowest BCUT2D eigenvalue weighted by Crippen LogP contribution is -2.47. The van der Waals surface area contributed by atoms with Crippen LogP contribution in [0.2, 0.25) is 0 Å². The van der Waals surface area contributed by atoms with Gasteiger partial charge in [0.05, 0.1) is 6.54 Å². The highest BCUT2D eigenvalue weighted by molar-refractivity contribution is 5.65. The Balaban J connectivity index is 2.37. The first-order valence-electron chi connectivity index (χ1n) is 4.90. The predicted molar refractivity (Wildman–Crippen MR) is 50.8 cm³/mol. The molecule has 2 N–H and O–H groups in total. The van der Waals surface area contributed by atoms with Gasteiger partial charge in [-0.05, 0) is 19.8 Å². The quantitative estimate of drug-likeness (QED) is 0.780. The maximum absolute atomic E-state index is 12.1. The number of ether oxygens (including phenoxy) is 1. The number of nitrogens with two attached hydrogens (primary N) is 1. The van der Waals surface area contributed by atoms with Crippen molar-refractivity contribution in [3.63, 3.8) is 0 Å². The Hall–Kier alpha value is -0.910. The van der Waals surface area contributed by atoms with Crippen molar-refractivity contribution in [2.24, 2.45) is 5.73 Å². The molecule has 4 nitrogen and oxygen atoms in total. The van der Waals surface area contributed by atoms with Crippen molar-refractivity contribution in [2.75, 3.05) is 19.6 Å². The summed E-state index contributed by atoms with van der Waals surface area (Å²) in [6.07, 6.45) is -2.03. The van der Waals surface area contributed by atoms with Gasteiger partial charge < -0.3 is 10.5 Å². The zero-order valence-corrected chi connectivity index (χ0v) is 8.71. The van der Waals surface area contributed by atoms with Crippen LogP contribution < -0.4 is 5.73 Å². The van der Waals surface area contributed by atoms with E-state index in [1.54, 1.807) is 11.8 Å². The number of piperidine rings is 1. The van der Waals surface area contributed by atoms with E-state index in [2.05, 4.69) is 0 Å². The fraction of sp³-hybridized carbons (Fsp3) is 0.889. The third kappa shape index (κ3) is 3.99. The molecule has 0 aliphatic carbocycles. The van der Waals surface area contributed by atoms with Gasteiger partial charge in [-0.25, -0.2) is 13.6 Å². The van der Waals surface area contributed by atoms with E-state index >= 15 is 0 Å². The van der Waals surface area contributed by atoms with Crippen molar-refractivity contribution >= 4 is 6.09 Å². The molecule has 1 aliphatic rings. The van der Waals surface area contributed by atoms with Crippen molar-refractivity contribution in [3.8, 4) is 0 Å². The molecule has 1 rings (SSSR count). The Bertz CT molecular complexity index is 228. The van der Waals surface area contributed by atoms with Crippen molar-refractivity contribution < 1.29 is 18.3 Å². The van der Waals surface area contributed by atoms with Gasteiger partial charge in [0, 0.05) is 13.1 Å². The van der Waals surface area contributed by atoms with Gasteiger partial charge in [-0.2, -0.15) is 0 Å². The summed E-state index contributed by atoms with van der Waals surface area (Å²) < 4.78 is 29.1. The number of primary amides is 1. The molecule has 1 amide bonds. The molecule has 1 aliphatic heterocycles. The number of alkyl halides is 2. The average molecular weight is 222 g/mol. The molecule has 1 saturated heterocycles. The van der Waals surface area contributed by atoms with Crippen molar-refractivity contribution in [1.82, 2.24) is 4.90 Å². The number of likely N-dealkylation sites (tertiary alicyclic amines) is 1. The lowest BCUT2D eigenvalue weighted by Gasteiger charge is -2.38. The van der Waals surface area contributed by atoms with E-state index in [0.717, 1.165) is 0 Å². The van der Waals surface area contributed by atoms with E-state index in [-0.39, 0.29) is 6.54 Å². The molecule has 0 spiro atoms. The SMILES string of the molecule is CC1(OC(N)=O)CCN(CC(F)F)CC1. The summed E-state index contributed by atoms with van der Waals surface area (Å²) >= 11 is 0. The number of halogens is 2. The molecule has 0 unspecified atom stereocenters. The number of carbonyl (C=O) groups excluding carboxylic acids is 1. The smallest absolute Gasteiger partial charge is 0.405 e. The normalized spacial score (nSPS) is 21.6. The maximum atomic E-state index is 12.1. The van der Waals surface area contributed by atoms with Crippen molar-refractivity contribution in [3.05, 3.63) is 0 Å². The predicted octanol–water partition coefficient (Wildman–Crippen LogP) is 1.20. The first-order chi connectivity index (χ1) is 6.91. The van der Waals surface area contributed by atoms with Crippen LogP contribution in [0.3, 0.4) is 0 Å². The Morgan fingerprint density at radius 3 is 2.47 bits per heavy atom. The molecule has 0 saturated carbocycles. The van der Waals surface area contributed by atoms with E-state index in [9.17, 15) is 13.6 Å². The van der Waals surface area contributed by atoms with Gasteiger partial charge >= 0.3 is 6.09 Å². The van der Waals surface area contributed by atoms with Crippen LogP contribution in [0, 0.1) is 0 Å². The number of rotatable bonds is 3. The highest BCUT2D eigenvalue weighted by atomic mass is 19.3. The number of hydrogen-bond donors (Lipinski definition) is 1. The third-order valence-corrected chi connectivity index (χ3v) is 2.66. The average Bonchev–Trinajstić information content (AvgIpc) is 2.07. The molecule has 0 atom stereocenters. The Morgan fingerprint density at radius 2 is 2.07 bits per heavy atom. The van der Waals surface area contributed by atoms with Crippen LogP contribution >= 0.6 is 0 Å². The highest BCUT2D eigenvalue weighted by Gasteiger charge is 2.33. The van der Waals surface area contributed by atoms with E-state index in [4.69, 9.17) is 10.5 Å². The van der Waals surface area contributed by atoms with Crippen LogP contribution in [0.25, 0.3) is 0 Å². The molecular formula is C9H16F2N2O2. The summed E-state index contributed by atoms with van der Waals surface area (Å²) in [5, 5.41) is 0. The summed E-state index contributed by atoms with van der Waals surface area (Å²) in [5.74, 6) is 0. The Labute approximate surface area is 87.4 Å². The first-order valence-corrected chi connectivity index (χ1v) is 4.90. The topological polar surface area (TPSA) is 55.6 Å². The molecule has 0 aromatic rings. The zero-order chi connectivity index (χ0) is 11.5. The molecule has 1 heterocycles. The van der Waals surface area contributed by atoms with E-state index in [1.165, 1.54) is 0 Å². The molecule has 15 heavy (non-hydrogen) atoms. The maximum Gasteiger partial charge on any atom is 0.405 e. The second-order valence-electron chi connectivity index (χ2n) is 4.06. The Morgan fingerprint density at radius 1 is 1.53 bits per heavy atom. The second-order valence-corrected chi connectivity index (χ2v) is 4.06. The first kappa shape index (κ1) is 12.2. The van der Waals surface area contributed by atoms with Crippen LogP contribution in [0.15, 0.2) is 0 Å². The van der Waals surface area contributed by atoms with Gasteiger partial charge in [0.25, 0.3) is 6.43 Å². The molecule has 0 radical (unpaired) electrons. The van der Waals surface area contributed by atoms with Crippen molar-refractivity contribution in [2.45, 2.75) is 31.8 Å². The summed E-state index contributed by atoms with van der Waals surface area (Å²) in [5.41, 5.74) is 4.34. The molecule has 88 valence electrons. The van der Waals surface area contributed by atoms with Crippen molar-refractivity contribution in [1.29, 1.82) is 0 Å². The Kier molecular flexibility index (Phi) is 3.84. The minimum absolute atomic E-state index is 0.216. The monoisotopic (exact) mass is 222 g/mol. The number of amides is 1. The van der Waals surface area contributed by atoms with E-state index in [1.807, 2.05) is 0 Å². The van der Waals surface area contributed by atoms with Gasteiger partial charge in [-0.15, -0.1) is 0 Å². The molecule has 0 aromatic carbocycles. The summed E-state index contributed by atoms with van der Waals surface area (Å²) in [4.78, 5) is 12.3. The minimum Gasteiger partial charge on any atom is -0.443 e. The highest BCUT2D eigenvalue weighted by Crippen LogP contribution is 2.25. The fourth-order valence-electron chi connectivity index (χ4n) is 1.75. The van der Waals surface area contributed by atoms with Crippen LogP contribution in [0.5, 0.6) is 0 Å². The van der Waals surface area contributed by atoms with Gasteiger partial charge in [0.15, 0.2) is 0 Å². The van der Waals surface area contributed by atoms with Crippen LogP contribution in [-0.2, 0) is 4.74 Å². The number of carbonyl (C=O) groups is 1. The molecule has 0 bridgehead atoms.